The van der Waals surface area contributed by atoms with E-state index in [0.29, 0.717) is 16.5 Å². The molecule has 24 heavy (non-hydrogen) atoms. The Morgan fingerprint density at radius 3 is 2.46 bits per heavy atom. The molecule has 3 rings (SSSR count). The summed E-state index contributed by atoms with van der Waals surface area (Å²) in [6, 6.07) is 11.6. The number of nitrogens with zero attached hydrogens (tertiary/aromatic N) is 1. The molecule has 4 N–H and O–H groups in total. The van der Waals surface area contributed by atoms with Crippen molar-refractivity contribution < 1.29 is 8.42 Å². The molecule has 0 aliphatic carbocycles. The van der Waals surface area contributed by atoms with Crippen LogP contribution < -0.4 is 20.3 Å². The Morgan fingerprint density at radius 2 is 1.79 bits per heavy atom. The van der Waals surface area contributed by atoms with E-state index in [-0.39, 0.29) is 9.38 Å². The molecule has 0 fully saturated rings. The normalized spacial score (nSPS) is 15.9. The van der Waals surface area contributed by atoms with E-state index in [9.17, 15) is 8.42 Å². The lowest BCUT2D eigenvalue weighted by Gasteiger charge is -2.35. The number of quaternary nitrogens is 1. The third-order valence-corrected chi connectivity index (χ3v) is 5.66. The molecular weight excluding hydrogens is 348 g/mol. The molecule has 8 heteroatoms. The van der Waals surface area contributed by atoms with Gasteiger partial charge in [0.1, 0.15) is 5.69 Å². The first-order chi connectivity index (χ1) is 11.2. The lowest BCUT2D eigenvalue weighted by Crippen LogP contribution is -2.49. The summed E-state index contributed by atoms with van der Waals surface area (Å²) in [5.74, 6) is 0.474. The average Bonchev–Trinajstić information content (AvgIpc) is 2.51. The highest BCUT2D eigenvalue weighted by atomic mass is 35.5. The van der Waals surface area contributed by atoms with Crippen LogP contribution in [-0.2, 0) is 10.0 Å². The summed E-state index contributed by atoms with van der Waals surface area (Å²) in [6.45, 7) is 0. The molecule has 0 atom stereocenters. The minimum absolute atomic E-state index is 0.148. The smallest absolute Gasteiger partial charge is 0.265 e. The molecule has 0 spiro atoms. The van der Waals surface area contributed by atoms with E-state index in [2.05, 4.69) is 10.0 Å². The van der Waals surface area contributed by atoms with Crippen molar-refractivity contribution in [2.45, 2.75) is 4.90 Å². The molecule has 0 saturated heterocycles. The highest BCUT2D eigenvalue weighted by molar-refractivity contribution is 7.89. The van der Waals surface area contributed by atoms with Gasteiger partial charge in [-0.15, -0.1) is 0 Å². The van der Waals surface area contributed by atoms with Gasteiger partial charge in [-0.05, 0) is 30.3 Å². The molecule has 0 amide bonds. The number of nitrogens with two attached hydrogens (primary N) is 1. The summed E-state index contributed by atoms with van der Waals surface area (Å²) in [6.07, 6.45) is 1.61. The van der Waals surface area contributed by atoms with Gasteiger partial charge in [-0.2, -0.15) is 0 Å². The number of anilines is 2. The molecule has 0 bridgehead atoms. The summed E-state index contributed by atoms with van der Waals surface area (Å²) in [4.78, 5) is 0.148. The quantitative estimate of drug-likeness (QED) is 0.576. The lowest BCUT2D eigenvalue weighted by molar-refractivity contribution is 0.464. The Balaban J connectivity index is 1.97. The van der Waals surface area contributed by atoms with Crippen LogP contribution in [0.15, 0.2) is 59.4 Å². The molecule has 0 unspecified atom stereocenters. The summed E-state index contributed by atoms with van der Waals surface area (Å²) in [5, 5.41) is 3.64. The molecule has 6 nitrogen and oxygen atoms in total. The minimum atomic E-state index is -3.72. The first kappa shape index (κ1) is 16.6. The van der Waals surface area contributed by atoms with Crippen molar-refractivity contribution in [3.05, 3.63) is 59.5 Å². The van der Waals surface area contributed by atoms with Crippen LogP contribution in [0, 0.1) is 0 Å². The van der Waals surface area contributed by atoms with Gasteiger partial charge >= 0.3 is 0 Å². The zero-order valence-electron chi connectivity index (χ0n) is 13.2. The Labute approximate surface area is 146 Å². The number of nitrogens with one attached hydrogen (secondary N) is 2. The van der Waals surface area contributed by atoms with Gasteiger partial charge in [-0.25, -0.2) is 17.6 Å². The molecular formula is C16H18ClN4O2S+. The number of rotatable bonds is 3. The molecule has 0 saturated carbocycles. The second kappa shape index (κ2) is 5.70. The molecule has 0 aromatic heterocycles. The Kier molecular flexibility index (Phi) is 3.95. The van der Waals surface area contributed by atoms with Gasteiger partial charge in [0.05, 0.1) is 30.2 Å². The SMILES string of the molecule is C[N+]1(C)C(NS(=O)(=O)c2ccc(N)cc2)=CNc2c(Cl)cccc21. The topological polar surface area (TPSA) is 84.2 Å². The number of halogens is 1. The van der Waals surface area contributed by atoms with Crippen LogP contribution in [0.25, 0.3) is 0 Å². The highest BCUT2D eigenvalue weighted by Crippen LogP contribution is 2.40. The maximum atomic E-state index is 12.6. The third kappa shape index (κ3) is 2.82. The predicted octanol–water partition coefficient (Wildman–Crippen LogP) is 2.69. The lowest BCUT2D eigenvalue weighted by atomic mass is 10.2. The Hall–Kier alpha value is -2.22. The number of hydrogen-bond donors (Lipinski definition) is 3. The monoisotopic (exact) mass is 365 g/mol. The van der Waals surface area contributed by atoms with Crippen molar-refractivity contribution in [2.24, 2.45) is 0 Å². The van der Waals surface area contributed by atoms with E-state index in [1.807, 2.05) is 26.2 Å². The zero-order chi connectivity index (χ0) is 17.5. The highest BCUT2D eigenvalue weighted by Gasteiger charge is 2.35. The van der Waals surface area contributed by atoms with Crippen molar-refractivity contribution in [1.29, 1.82) is 0 Å². The van der Waals surface area contributed by atoms with Gasteiger partial charge in [0.2, 0.25) is 5.82 Å². The van der Waals surface area contributed by atoms with Crippen molar-refractivity contribution in [2.75, 3.05) is 25.1 Å². The van der Waals surface area contributed by atoms with E-state index in [1.165, 1.54) is 12.1 Å². The molecule has 2 aromatic carbocycles. The second-order valence-electron chi connectivity index (χ2n) is 5.94. The number of nitrogen functional groups attached to an aromatic ring is 1. The van der Waals surface area contributed by atoms with Gasteiger partial charge < -0.3 is 11.1 Å². The molecule has 1 aliphatic rings. The first-order valence-corrected chi connectivity index (χ1v) is 9.06. The summed E-state index contributed by atoms with van der Waals surface area (Å²) >= 11 is 6.21. The number of fused-ring (bicyclic) bond motifs is 1. The van der Waals surface area contributed by atoms with Gasteiger partial charge in [0.15, 0.2) is 5.69 Å². The minimum Gasteiger partial charge on any atom is -0.399 e. The number of hydrogen-bond acceptors (Lipinski definition) is 4. The molecule has 2 aromatic rings. The fourth-order valence-electron chi connectivity index (χ4n) is 2.54. The Bertz CT molecular complexity index is 922. The fourth-order valence-corrected chi connectivity index (χ4v) is 3.94. The van der Waals surface area contributed by atoms with Crippen LogP contribution in [0.3, 0.4) is 0 Å². The van der Waals surface area contributed by atoms with E-state index in [4.69, 9.17) is 17.3 Å². The fraction of sp³-hybridized carbons (Fsp3) is 0.125. The van der Waals surface area contributed by atoms with Gasteiger partial charge in [-0.1, -0.05) is 17.7 Å². The van der Waals surface area contributed by atoms with Crippen LogP contribution in [-0.4, -0.2) is 22.5 Å². The van der Waals surface area contributed by atoms with Crippen LogP contribution in [0.5, 0.6) is 0 Å². The van der Waals surface area contributed by atoms with Crippen LogP contribution in [0.4, 0.5) is 17.1 Å². The van der Waals surface area contributed by atoms with Crippen LogP contribution in [0.2, 0.25) is 5.02 Å². The van der Waals surface area contributed by atoms with Crippen molar-refractivity contribution in [1.82, 2.24) is 9.21 Å². The third-order valence-electron chi connectivity index (χ3n) is 3.98. The van der Waals surface area contributed by atoms with Gasteiger partial charge in [-0.3, -0.25) is 0 Å². The maximum Gasteiger partial charge on any atom is 0.265 e. The molecule has 1 aliphatic heterocycles. The number of benzene rings is 2. The standard InChI is InChI=1S/C16H18ClN4O2S/c1-21(2)14-5-3-4-13(17)16(14)19-10-15(21)20-24(22,23)12-8-6-11(18)7-9-12/h3-10,19-20H,18H2,1-2H3/q+1. The van der Waals surface area contributed by atoms with Gasteiger partial charge in [0.25, 0.3) is 10.0 Å². The van der Waals surface area contributed by atoms with Crippen LogP contribution >= 0.6 is 11.6 Å². The average molecular weight is 366 g/mol. The largest absolute Gasteiger partial charge is 0.399 e. The van der Waals surface area contributed by atoms with E-state index in [0.717, 1.165) is 11.4 Å². The zero-order valence-corrected chi connectivity index (χ0v) is 14.8. The van der Waals surface area contributed by atoms with E-state index >= 15 is 0 Å². The van der Waals surface area contributed by atoms with E-state index in [1.54, 1.807) is 24.4 Å². The van der Waals surface area contributed by atoms with E-state index < -0.39 is 10.0 Å². The van der Waals surface area contributed by atoms with Crippen LogP contribution in [0.1, 0.15) is 0 Å². The Morgan fingerprint density at radius 1 is 1.12 bits per heavy atom. The second-order valence-corrected chi connectivity index (χ2v) is 8.03. The maximum absolute atomic E-state index is 12.6. The molecule has 0 radical (unpaired) electrons. The summed E-state index contributed by atoms with van der Waals surface area (Å²) < 4.78 is 28.1. The number of para-hydroxylation sites is 1. The first-order valence-electron chi connectivity index (χ1n) is 7.20. The van der Waals surface area contributed by atoms with Crippen molar-refractivity contribution in [3.63, 3.8) is 0 Å². The number of sulfonamides is 1. The molecule has 126 valence electrons. The summed E-state index contributed by atoms with van der Waals surface area (Å²) in [5.41, 5.74) is 7.74. The van der Waals surface area contributed by atoms with Crippen molar-refractivity contribution in [3.8, 4) is 0 Å². The predicted molar refractivity (Wildman–Crippen MR) is 98.0 cm³/mol. The molecule has 1 heterocycles. The van der Waals surface area contributed by atoms with Crippen molar-refractivity contribution >= 4 is 38.7 Å². The van der Waals surface area contributed by atoms with Gasteiger partial charge in [0, 0.05) is 11.8 Å². The summed E-state index contributed by atoms with van der Waals surface area (Å²) in [7, 11) is 0.0417.